The summed E-state index contributed by atoms with van der Waals surface area (Å²) >= 11 is 0. The van der Waals surface area contributed by atoms with Crippen LogP contribution in [0.1, 0.15) is 111 Å². The fourth-order valence-electron chi connectivity index (χ4n) is 5.01. The Morgan fingerprint density at radius 1 is 0.852 bits per heavy atom. The number of rotatable bonds is 15. The Hall–Kier alpha value is -0.340. The fourth-order valence-corrected chi connectivity index (χ4v) is 5.01. The van der Waals surface area contributed by atoms with E-state index in [0.717, 1.165) is 43.4 Å². The van der Waals surface area contributed by atoms with Gasteiger partial charge >= 0.3 is 0 Å². The van der Waals surface area contributed by atoms with Gasteiger partial charge in [-0.2, -0.15) is 0 Å². The van der Waals surface area contributed by atoms with Gasteiger partial charge in [-0.1, -0.05) is 65.0 Å². The van der Waals surface area contributed by atoms with Gasteiger partial charge in [0.2, 0.25) is 0 Å². The van der Waals surface area contributed by atoms with Crippen LogP contribution >= 0.6 is 0 Å². The molecule has 1 saturated carbocycles. The predicted molar refractivity (Wildman–Crippen MR) is 118 cm³/mol. The van der Waals surface area contributed by atoms with E-state index < -0.39 is 0 Å². The number of unbranched alkanes of at least 4 members (excludes halogenated alkanes) is 4. The maximum Gasteiger partial charge on any atom is 0.0568 e. The van der Waals surface area contributed by atoms with Crippen molar-refractivity contribution in [3.8, 4) is 0 Å². The molecule has 1 unspecified atom stereocenters. The first-order valence-electron chi connectivity index (χ1n) is 12.1. The fraction of sp³-hybridized carbons (Fsp3) is 0.920. The molecule has 0 amide bonds. The van der Waals surface area contributed by atoms with Crippen molar-refractivity contribution in [2.24, 2.45) is 23.7 Å². The van der Waals surface area contributed by atoms with Crippen LogP contribution in [-0.4, -0.2) is 22.9 Å². The van der Waals surface area contributed by atoms with E-state index in [2.05, 4.69) is 32.9 Å². The first-order chi connectivity index (χ1) is 13.1. The van der Waals surface area contributed by atoms with E-state index >= 15 is 0 Å². The highest BCUT2D eigenvalue weighted by molar-refractivity contribution is 4.88. The molecule has 0 aromatic carbocycles. The minimum absolute atomic E-state index is 0.0545. The lowest BCUT2D eigenvalue weighted by Gasteiger charge is -2.37. The molecule has 0 heterocycles. The van der Waals surface area contributed by atoms with Crippen LogP contribution < -0.4 is 0 Å². The molecular formula is C25H48O2. The van der Waals surface area contributed by atoms with E-state index in [1.54, 1.807) is 0 Å². The van der Waals surface area contributed by atoms with Crippen molar-refractivity contribution in [3.05, 3.63) is 12.2 Å². The topological polar surface area (TPSA) is 40.5 Å². The van der Waals surface area contributed by atoms with Gasteiger partial charge in [-0.15, -0.1) is 0 Å². The van der Waals surface area contributed by atoms with Crippen molar-refractivity contribution in [2.45, 2.75) is 117 Å². The molecule has 2 N–H and O–H groups in total. The van der Waals surface area contributed by atoms with Crippen LogP contribution in [0.25, 0.3) is 0 Å². The smallest absolute Gasteiger partial charge is 0.0568 e. The standard InChI is InChI=1S/C25H48O2/c1-4-6-10-15-25(27)24-18-16-23(17-19-24)21(3)22(13-5-2)14-11-8-7-9-12-20-26/h8,11,21-27H,4-7,9-10,12-20H2,1-3H3/b11-8-/t21-,22-,23?,24?,25?/m0/s1. The molecule has 27 heavy (non-hydrogen) atoms. The number of aliphatic hydroxyl groups is 2. The summed E-state index contributed by atoms with van der Waals surface area (Å²) in [5, 5.41) is 19.4. The van der Waals surface area contributed by atoms with Gasteiger partial charge in [-0.05, 0) is 81.5 Å². The van der Waals surface area contributed by atoms with E-state index in [1.807, 2.05) is 0 Å². The van der Waals surface area contributed by atoms with E-state index in [-0.39, 0.29) is 6.10 Å². The van der Waals surface area contributed by atoms with Gasteiger partial charge in [0.05, 0.1) is 6.10 Å². The molecule has 0 aromatic rings. The van der Waals surface area contributed by atoms with Crippen molar-refractivity contribution >= 4 is 0 Å². The zero-order valence-electron chi connectivity index (χ0n) is 18.5. The average molecular weight is 381 g/mol. The molecule has 0 aromatic heterocycles. The Bertz CT molecular complexity index is 357. The van der Waals surface area contributed by atoms with Crippen molar-refractivity contribution in [1.29, 1.82) is 0 Å². The monoisotopic (exact) mass is 380 g/mol. The van der Waals surface area contributed by atoms with Crippen LogP contribution in [0.15, 0.2) is 12.2 Å². The number of aliphatic hydroxyl groups excluding tert-OH is 2. The lowest BCUT2D eigenvalue weighted by Crippen LogP contribution is -2.30. The molecule has 0 aliphatic heterocycles. The number of hydrogen-bond acceptors (Lipinski definition) is 2. The van der Waals surface area contributed by atoms with Crippen molar-refractivity contribution < 1.29 is 10.2 Å². The van der Waals surface area contributed by atoms with Crippen LogP contribution in [0.5, 0.6) is 0 Å². The van der Waals surface area contributed by atoms with Gasteiger partial charge in [-0.25, -0.2) is 0 Å². The third-order valence-corrected chi connectivity index (χ3v) is 7.00. The van der Waals surface area contributed by atoms with E-state index in [4.69, 9.17) is 5.11 Å². The molecule has 0 spiro atoms. The lowest BCUT2D eigenvalue weighted by atomic mass is 9.69. The normalized spacial score (nSPS) is 24.2. The highest BCUT2D eigenvalue weighted by Gasteiger charge is 2.31. The molecule has 160 valence electrons. The minimum Gasteiger partial charge on any atom is -0.396 e. The molecule has 1 aliphatic carbocycles. The van der Waals surface area contributed by atoms with Crippen LogP contribution in [0.2, 0.25) is 0 Å². The highest BCUT2D eigenvalue weighted by Crippen LogP contribution is 2.40. The second-order valence-electron chi connectivity index (χ2n) is 9.07. The SMILES string of the molecule is CCCCCC(O)C1CCC([C@@H](C)[C@H](C/C=C\CCCCO)CCC)CC1. The summed E-state index contributed by atoms with van der Waals surface area (Å²) in [5.74, 6) is 3.01. The van der Waals surface area contributed by atoms with E-state index in [0.29, 0.717) is 12.5 Å². The summed E-state index contributed by atoms with van der Waals surface area (Å²) in [6.07, 6.45) is 21.4. The first-order valence-corrected chi connectivity index (χ1v) is 12.1. The highest BCUT2D eigenvalue weighted by atomic mass is 16.3. The van der Waals surface area contributed by atoms with Gasteiger partial charge in [-0.3, -0.25) is 0 Å². The Morgan fingerprint density at radius 3 is 2.19 bits per heavy atom. The Balaban J connectivity index is 2.38. The molecule has 0 bridgehead atoms. The van der Waals surface area contributed by atoms with Gasteiger partial charge in [0.1, 0.15) is 0 Å². The van der Waals surface area contributed by atoms with Crippen molar-refractivity contribution in [1.82, 2.24) is 0 Å². The molecule has 1 aliphatic rings. The third kappa shape index (κ3) is 10.1. The largest absolute Gasteiger partial charge is 0.396 e. The predicted octanol–water partition coefficient (Wildman–Crippen LogP) is 6.90. The molecule has 3 atom stereocenters. The van der Waals surface area contributed by atoms with E-state index in [1.165, 1.54) is 64.2 Å². The summed E-state index contributed by atoms with van der Waals surface area (Å²) in [6.45, 7) is 7.35. The minimum atomic E-state index is -0.0545. The Labute approximate surface area is 169 Å². The van der Waals surface area contributed by atoms with Crippen molar-refractivity contribution in [2.75, 3.05) is 6.61 Å². The first kappa shape index (κ1) is 24.7. The third-order valence-electron chi connectivity index (χ3n) is 7.00. The lowest BCUT2D eigenvalue weighted by molar-refractivity contribution is 0.0513. The van der Waals surface area contributed by atoms with Gasteiger partial charge in [0.25, 0.3) is 0 Å². The summed E-state index contributed by atoms with van der Waals surface area (Å²) in [7, 11) is 0. The maximum atomic E-state index is 10.5. The molecule has 1 fully saturated rings. The second kappa shape index (κ2) is 15.6. The quantitative estimate of drug-likeness (QED) is 0.240. The van der Waals surface area contributed by atoms with Crippen LogP contribution in [0.3, 0.4) is 0 Å². The Morgan fingerprint density at radius 2 is 1.56 bits per heavy atom. The molecule has 0 radical (unpaired) electrons. The molecular weight excluding hydrogens is 332 g/mol. The summed E-state index contributed by atoms with van der Waals surface area (Å²) in [5.41, 5.74) is 0. The summed E-state index contributed by atoms with van der Waals surface area (Å²) in [6, 6.07) is 0. The average Bonchev–Trinajstić information content (AvgIpc) is 2.69. The van der Waals surface area contributed by atoms with Crippen molar-refractivity contribution in [3.63, 3.8) is 0 Å². The summed E-state index contributed by atoms with van der Waals surface area (Å²) in [4.78, 5) is 0. The number of allylic oxidation sites excluding steroid dienone is 2. The zero-order chi connectivity index (χ0) is 19.9. The Kier molecular flexibility index (Phi) is 14.2. The molecule has 0 saturated heterocycles. The molecule has 2 nitrogen and oxygen atoms in total. The van der Waals surface area contributed by atoms with Gasteiger partial charge in [0.15, 0.2) is 0 Å². The summed E-state index contributed by atoms with van der Waals surface area (Å²) < 4.78 is 0. The maximum absolute atomic E-state index is 10.5. The second-order valence-corrected chi connectivity index (χ2v) is 9.07. The van der Waals surface area contributed by atoms with Crippen LogP contribution in [0, 0.1) is 23.7 Å². The van der Waals surface area contributed by atoms with Crippen LogP contribution in [-0.2, 0) is 0 Å². The molecule has 1 rings (SSSR count). The van der Waals surface area contributed by atoms with Gasteiger partial charge < -0.3 is 10.2 Å². The zero-order valence-corrected chi connectivity index (χ0v) is 18.5. The molecule has 2 heteroatoms. The van der Waals surface area contributed by atoms with Crippen LogP contribution in [0.4, 0.5) is 0 Å². The van der Waals surface area contributed by atoms with Gasteiger partial charge in [0, 0.05) is 6.61 Å². The van der Waals surface area contributed by atoms with E-state index in [9.17, 15) is 5.11 Å². The number of hydrogen-bond donors (Lipinski definition) is 2.